The summed E-state index contributed by atoms with van der Waals surface area (Å²) in [6.45, 7) is 11.3. The third-order valence-electron chi connectivity index (χ3n) is 5.33. The molecular formula is C25H36N4O3. The molecule has 2 N–H and O–H groups in total. The van der Waals surface area contributed by atoms with Gasteiger partial charge in [-0.3, -0.25) is 4.90 Å². The quantitative estimate of drug-likeness (QED) is 0.437. The monoisotopic (exact) mass is 440 g/mol. The van der Waals surface area contributed by atoms with E-state index in [2.05, 4.69) is 53.6 Å². The Hall–Kier alpha value is -2.77. The van der Waals surface area contributed by atoms with Gasteiger partial charge in [0.15, 0.2) is 5.96 Å². The van der Waals surface area contributed by atoms with E-state index in [9.17, 15) is 0 Å². The second kappa shape index (κ2) is 12.9. The standard InChI is InChI=1S/C25H36N4O3/c1-4-26-25(28-19-22-9-8-20(2)16-24(22)30-3)27-18-21-6-5-7-23(17-21)32-15-12-29-10-13-31-14-11-29/h5-9,16-17H,4,10-15,18-19H2,1-3H3,(H2,26,27,28). The van der Waals surface area contributed by atoms with E-state index in [0.29, 0.717) is 19.7 Å². The molecule has 2 aromatic carbocycles. The number of ether oxygens (including phenoxy) is 3. The zero-order chi connectivity index (χ0) is 22.6. The maximum absolute atomic E-state index is 5.97. The number of hydrogen-bond acceptors (Lipinski definition) is 5. The lowest BCUT2D eigenvalue weighted by Gasteiger charge is -2.26. The van der Waals surface area contributed by atoms with Gasteiger partial charge in [0.1, 0.15) is 18.1 Å². The largest absolute Gasteiger partial charge is 0.496 e. The van der Waals surface area contributed by atoms with Crippen LogP contribution in [-0.2, 0) is 17.8 Å². The van der Waals surface area contributed by atoms with E-state index in [1.54, 1.807) is 7.11 Å². The van der Waals surface area contributed by atoms with E-state index in [4.69, 9.17) is 19.2 Å². The van der Waals surface area contributed by atoms with Crippen molar-refractivity contribution in [3.05, 3.63) is 59.2 Å². The Morgan fingerprint density at radius 2 is 1.97 bits per heavy atom. The molecule has 32 heavy (non-hydrogen) atoms. The molecule has 2 aromatic rings. The zero-order valence-corrected chi connectivity index (χ0v) is 19.5. The van der Waals surface area contributed by atoms with Crippen molar-refractivity contribution in [3.8, 4) is 11.5 Å². The summed E-state index contributed by atoms with van der Waals surface area (Å²) in [4.78, 5) is 7.11. The Morgan fingerprint density at radius 3 is 2.75 bits per heavy atom. The first-order chi connectivity index (χ1) is 15.7. The Kier molecular flexibility index (Phi) is 9.65. The predicted octanol–water partition coefficient (Wildman–Crippen LogP) is 2.97. The van der Waals surface area contributed by atoms with Crippen molar-refractivity contribution in [1.82, 2.24) is 15.5 Å². The van der Waals surface area contributed by atoms with Gasteiger partial charge in [-0.25, -0.2) is 4.99 Å². The van der Waals surface area contributed by atoms with Crippen molar-refractivity contribution in [1.29, 1.82) is 0 Å². The van der Waals surface area contributed by atoms with Crippen LogP contribution >= 0.6 is 0 Å². The number of nitrogens with one attached hydrogen (secondary N) is 2. The van der Waals surface area contributed by atoms with Crippen molar-refractivity contribution in [2.45, 2.75) is 26.9 Å². The fourth-order valence-corrected chi connectivity index (χ4v) is 3.54. The maximum Gasteiger partial charge on any atom is 0.191 e. The summed E-state index contributed by atoms with van der Waals surface area (Å²) in [6, 6.07) is 14.4. The first-order valence-electron chi connectivity index (χ1n) is 11.4. The van der Waals surface area contributed by atoms with Gasteiger partial charge in [-0.05, 0) is 43.2 Å². The van der Waals surface area contributed by atoms with Crippen LogP contribution in [0.2, 0.25) is 0 Å². The molecule has 1 aliphatic heterocycles. The lowest BCUT2D eigenvalue weighted by atomic mass is 10.1. The molecule has 1 heterocycles. The smallest absolute Gasteiger partial charge is 0.191 e. The number of guanidine groups is 1. The lowest BCUT2D eigenvalue weighted by molar-refractivity contribution is 0.0322. The maximum atomic E-state index is 5.97. The lowest BCUT2D eigenvalue weighted by Crippen LogP contribution is -2.38. The molecule has 1 saturated heterocycles. The van der Waals surface area contributed by atoms with Crippen LogP contribution in [0.15, 0.2) is 47.5 Å². The number of hydrogen-bond donors (Lipinski definition) is 2. The van der Waals surface area contributed by atoms with E-state index in [1.807, 2.05) is 18.2 Å². The molecule has 7 nitrogen and oxygen atoms in total. The first kappa shape index (κ1) is 23.9. The minimum Gasteiger partial charge on any atom is -0.496 e. The van der Waals surface area contributed by atoms with Gasteiger partial charge in [0.2, 0.25) is 0 Å². The van der Waals surface area contributed by atoms with Crippen molar-refractivity contribution >= 4 is 5.96 Å². The summed E-state index contributed by atoms with van der Waals surface area (Å²) >= 11 is 0. The summed E-state index contributed by atoms with van der Waals surface area (Å²) in [5, 5.41) is 6.71. The molecule has 174 valence electrons. The molecule has 0 aromatic heterocycles. The van der Waals surface area contributed by atoms with Gasteiger partial charge < -0.3 is 24.8 Å². The molecule has 0 saturated carbocycles. The first-order valence-corrected chi connectivity index (χ1v) is 11.4. The van der Waals surface area contributed by atoms with Gasteiger partial charge in [-0.15, -0.1) is 0 Å². The summed E-state index contributed by atoms with van der Waals surface area (Å²) in [7, 11) is 1.70. The number of morpholine rings is 1. The molecule has 0 unspecified atom stereocenters. The van der Waals surface area contributed by atoms with Gasteiger partial charge in [0.05, 0.1) is 26.9 Å². The summed E-state index contributed by atoms with van der Waals surface area (Å²) < 4.78 is 16.9. The molecule has 0 radical (unpaired) electrons. The predicted molar refractivity (Wildman–Crippen MR) is 129 cm³/mol. The average molecular weight is 441 g/mol. The van der Waals surface area contributed by atoms with Crippen LogP contribution < -0.4 is 20.1 Å². The second-order valence-corrected chi connectivity index (χ2v) is 7.81. The van der Waals surface area contributed by atoms with E-state index >= 15 is 0 Å². The van der Waals surface area contributed by atoms with Crippen molar-refractivity contribution < 1.29 is 14.2 Å². The number of benzene rings is 2. The third kappa shape index (κ3) is 7.73. The molecular weight excluding hydrogens is 404 g/mol. The van der Waals surface area contributed by atoms with Gasteiger partial charge >= 0.3 is 0 Å². The van der Waals surface area contributed by atoms with E-state index in [-0.39, 0.29) is 0 Å². The fourth-order valence-electron chi connectivity index (χ4n) is 3.54. The highest BCUT2D eigenvalue weighted by Gasteiger charge is 2.10. The van der Waals surface area contributed by atoms with Crippen LogP contribution in [0.3, 0.4) is 0 Å². The van der Waals surface area contributed by atoms with Crippen molar-refractivity contribution in [2.24, 2.45) is 4.99 Å². The van der Waals surface area contributed by atoms with Crippen LogP contribution in [0.5, 0.6) is 11.5 Å². The molecule has 1 aliphatic rings. The van der Waals surface area contributed by atoms with Crippen LogP contribution in [0.4, 0.5) is 0 Å². The van der Waals surface area contributed by atoms with Gasteiger partial charge in [0, 0.05) is 38.3 Å². The Labute approximate surface area is 191 Å². The summed E-state index contributed by atoms with van der Waals surface area (Å²) in [5.74, 6) is 2.54. The molecule has 0 aliphatic carbocycles. The molecule has 0 amide bonds. The van der Waals surface area contributed by atoms with Crippen LogP contribution in [0, 0.1) is 6.92 Å². The molecule has 7 heteroatoms. The molecule has 3 rings (SSSR count). The number of rotatable bonds is 10. The minimum atomic E-state index is 0.570. The highest BCUT2D eigenvalue weighted by molar-refractivity contribution is 5.79. The van der Waals surface area contributed by atoms with Crippen molar-refractivity contribution in [3.63, 3.8) is 0 Å². The van der Waals surface area contributed by atoms with Crippen molar-refractivity contribution in [2.75, 3.05) is 53.1 Å². The average Bonchev–Trinajstić information content (AvgIpc) is 2.82. The van der Waals surface area contributed by atoms with Gasteiger partial charge in [-0.1, -0.05) is 24.3 Å². The number of methoxy groups -OCH3 is 1. The summed E-state index contributed by atoms with van der Waals surface area (Å²) in [5.41, 5.74) is 3.39. The van der Waals surface area contributed by atoms with Gasteiger partial charge in [-0.2, -0.15) is 0 Å². The molecule has 0 spiro atoms. The van der Waals surface area contributed by atoms with Gasteiger partial charge in [0.25, 0.3) is 0 Å². The summed E-state index contributed by atoms with van der Waals surface area (Å²) in [6.07, 6.45) is 0. The highest BCUT2D eigenvalue weighted by atomic mass is 16.5. The zero-order valence-electron chi connectivity index (χ0n) is 19.5. The second-order valence-electron chi connectivity index (χ2n) is 7.81. The highest BCUT2D eigenvalue weighted by Crippen LogP contribution is 2.19. The fraction of sp³-hybridized carbons (Fsp3) is 0.480. The number of nitrogens with zero attached hydrogens (tertiary/aromatic N) is 2. The van der Waals surface area contributed by atoms with Crippen LogP contribution in [-0.4, -0.2) is 64.0 Å². The number of aryl methyl sites for hydroxylation is 1. The van der Waals surface area contributed by atoms with E-state index in [0.717, 1.165) is 68.0 Å². The number of aliphatic imine (C=N–C) groups is 1. The van der Waals surface area contributed by atoms with E-state index in [1.165, 1.54) is 5.56 Å². The Bertz CT molecular complexity index is 866. The van der Waals surface area contributed by atoms with Crippen LogP contribution in [0.25, 0.3) is 0 Å². The minimum absolute atomic E-state index is 0.570. The third-order valence-corrected chi connectivity index (χ3v) is 5.33. The molecule has 1 fully saturated rings. The van der Waals surface area contributed by atoms with E-state index < -0.39 is 0 Å². The Balaban J connectivity index is 1.53. The SMILES string of the molecule is CCNC(=NCc1cccc(OCCN2CCOCC2)c1)NCc1ccc(C)cc1OC. The Morgan fingerprint density at radius 1 is 1.12 bits per heavy atom. The molecule has 0 atom stereocenters. The topological polar surface area (TPSA) is 67.4 Å². The normalized spacial score (nSPS) is 14.8. The van der Waals surface area contributed by atoms with Crippen LogP contribution in [0.1, 0.15) is 23.6 Å². The molecule has 0 bridgehead atoms.